The van der Waals surface area contributed by atoms with Crippen LogP contribution >= 0.6 is 0 Å². The predicted octanol–water partition coefficient (Wildman–Crippen LogP) is 5.31. The van der Waals surface area contributed by atoms with E-state index in [0.29, 0.717) is 28.1 Å². The van der Waals surface area contributed by atoms with Gasteiger partial charge in [0.1, 0.15) is 13.2 Å². The van der Waals surface area contributed by atoms with Crippen molar-refractivity contribution < 1.29 is 28.9 Å². The Balaban J connectivity index is 1.55. The van der Waals surface area contributed by atoms with Gasteiger partial charge in [0.2, 0.25) is 0 Å². The Kier molecular flexibility index (Phi) is 7.90. The monoisotopic (exact) mass is 480 g/mol. The van der Waals surface area contributed by atoms with Gasteiger partial charge in [-0.15, -0.1) is 0 Å². The summed E-state index contributed by atoms with van der Waals surface area (Å²) in [6.45, 7) is 1.39. The van der Waals surface area contributed by atoms with Crippen LogP contribution in [-0.4, -0.2) is 22.0 Å². The van der Waals surface area contributed by atoms with Crippen molar-refractivity contribution in [2.45, 2.75) is 20.1 Å². The molecule has 12 nitrogen and oxygen atoms in total. The van der Waals surface area contributed by atoms with Gasteiger partial charge in [-0.2, -0.15) is 0 Å². The molecule has 0 aliphatic heterocycles. The topological polar surface area (TPSA) is 163 Å². The number of hydrogen-bond donors (Lipinski definition) is 2. The number of non-ortho nitro benzene ring substituents is 2. The average molecular weight is 480 g/mol. The molecule has 0 aliphatic rings. The van der Waals surface area contributed by atoms with Crippen LogP contribution in [0.4, 0.5) is 32.3 Å². The fraction of sp³-hybridized carbons (Fsp3) is 0.130. The molecule has 0 fully saturated rings. The van der Waals surface area contributed by atoms with E-state index in [1.165, 1.54) is 42.5 Å². The van der Waals surface area contributed by atoms with Crippen LogP contribution < -0.4 is 10.6 Å². The van der Waals surface area contributed by atoms with Crippen molar-refractivity contribution in [1.82, 2.24) is 0 Å². The minimum atomic E-state index is -0.792. The molecule has 3 rings (SSSR count). The number of nitro benzene ring substituents is 2. The molecule has 35 heavy (non-hydrogen) atoms. The zero-order chi connectivity index (χ0) is 25.4. The smallest absolute Gasteiger partial charge is 0.411 e. The molecule has 0 spiro atoms. The lowest BCUT2D eigenvalue weighted by atomic mass is 10.2. The maximum atomic E-state index is 12.2. The molecule has 3 aromatic carbocycles. The second kappa shape index (κ2) is 11.2. The van der Waals surface area contributed by atoms with Crippen LogP contribution in [0.5, 0.6) is 0 Å². The molecule has 0 radical (unpaired) electrons. The summed E-state index contributed by atoms with van der Waals surface area (Å²) in [6.07, 6.45) is -1.58. The van der Waals surface area contributed by atoms with Gasteiger partial charge in [0, 0.05) is 35.6 Å². The van der Waals surface area contributed by atoms with E-state index >= 15 is 0 Å². The van der Waals surface area contributed by atoms with Crippen molar-refractivity contribution in [2.75, 3.05) is 10.6 Å². The van der Waals surface area contributed by atoms with Crippen molar-refractivity contribution in [3.8, 4) is 0 Å². The quantitative estimate of drug-likeness (QED) is 0.324. The Labute approximate surface area is 198 Å². The summed E-state index contributed by atoms with van der Waals surface area (Å²) in [6, 6.07) is 16.2. The Hall–Kier alpha value is -5.00. The van der Waals surface area contributed by atoms with Crippen molar-refractivity contribution in [2.24, 2.45) is 0 Å². The number of nitro groups is 2. The molecule has 2 N–H and O–H groups in total. The maximum Gasteiger partial charge on any atom is 0.411 e. The third kappa shape index (κ3) is 7.25. The molecule has 0 aromatic heterocycles. The van der Waals surface area contributed by atoms with E-state index in [1.807, 2.05) is 0 Å². The SMILES string of the molecule is Cc1ccc(NC(=O)OCc2cccc([N+](=O)[O-])c2)cc1NC(=O)OCc1cccc([N+](=O)[O-])c1. The van der Waals surface area contributed by atoms with Gasteiger partial charge in [-0.25, -0.2) is 9.59 Å². The molecule has 12 heteroatoms. The largest absolute Gasteiger partial charge is 0.444 e. The van der Waals surface area contributed by atoms with E-state index in [2.05, 4.69) is 10.6 Å². The van der Waals surface area contributed by atoms with Gasteiger partial charge >= 0.3 is 12.2 Å². The average Bonchev–Trinajstić information content (AvgIpc) is 2.84. The third-order valence-electron chi connectivity index (χ3n) is 4.70. The third-order valence-corrected chi connectivity index (χ3v) is 4.70. The number of carbonyl (C=O) groups excluding carboxylic acids is 2. The second-order valence-corrected chi connectivity index (χ2v) is 7.29. The van der Waals surface area contributed by atoms with Gasteiger partial charge in [0.15, 0.2) is 0 Å². The Bertz CT molecular complexity index is 1280. The fourth-order valence-electron chi connectivity index (χ4n) is 2.95. The first-order valence-corrected chi connectivity index (χ1v) is 10.2. The number of nitrogens with one attached hydrogen (secondary N) is 2. The van der Waals surface area contributed by atoms with E-state index in [9.17, 15) is 29.8 Å². The lowest BCUT2D eigenvalue weighted by Crippen LogP contribution is -2.16. The number of benzene rings is 3. The lowest BCUT2D eigenvalue weighted by Gasteiger charge is -2.12. The molecule has 0 saturated carbocycles. The molecule has 3 aromatic rings. The molecular weight excluding hydrogens is 460 g/mol. The minimum Gasteiger partial charge on any atom is -0.444 e. The maximum absolute atomic E-state index is 12.2. The highest BCUT2D eigenvalue weighted by molar-refractivity contribution is 5.89. The van der Waals surface area contributed by atoms with Crippen LogP contribution in [0.2, 0.25) is 0 Å². The van der Waals surface area contributed by atoms with Crippen LogP contribution in [-0.2, 0) is 22.7 Å². The number of anilines is 2. The molecule has 0 unspecified atom stereocenters. The number of carbonyl (C=O) groups is 2. The van der Waals surface area contributed by atoms with Crippen LogP contribution in [0.1, 0.15) is 16.7 Å². The number of aryl methyl sites for hydroxylation is 1. The van der Waals surface area contributed by atoms with E-state index in [0.717, 1.165) is 0 Å². The number of nitrogens with zero attached hydrogens (tertiary/aromatic N) is 2. The standard InChI is InChI=1S/C23H20N4O8/c1-15-8-9-18(24-22(28)34-13-16-4-2-6-19(10-16)26(30)31)12-21(15)25-23(29)35-14-17-5-3-7-20(11-17)27(32)33/h2-12H,13-14H2,1H3,(H,24,28)(H,25,29). The number of ether oxygens (including phenoxy) is 2. The highest BCUT2D eigenvalue weighted by atomic mass is 16.6. The lowest BCUT2D eigenvalue weighted by molar-refractivity contribution is -0.385. The number of amides is 2. The summed E-state index contributed by atoms with van der Waals surface area (Å²) >= 11 is 0. The van der Waals surface area contributed by atoms with Crippen molar-refractivity contribution in [3.05, 3.63) is 104 Å². The van der Waals surface area contributed by atoms with Gasteiger partial charge < -0.3 is 9.47 Å². The van der Waals surface area contributed by atoms with Crippen LogP contribution in [0.15, 0.2) is 66.7 Å². The van der Waals surface area contributed by atoms with Gasteiger partial charge in [-0.05, 0) is 35.7 Å². The van der Waals surface area contributed by atoms with E-state index < -0.39 is 22.0 Å². The minimum absolute atomic E-state index is 0.112. The summed E-state index contributed by atoms with van der Waals surface area (Å²) in [4.78, 5) is 44.9. The normalized spacial score (nSPS) is 10.2. The molecule has 0 bridgehead atoms. The molecule has 180 valence electrons. The molecule has 0 atom stereocenters. The summed E-state index contributed by atoms with van der Waals surface area (Å²) < 4.78 is 10.2. The Morgan fingerprint density at radius 3 is 1.80 bits per heavy atom. The predicted molar refractivity (Wildman–Crippen MR) is 125 cm³/mol. The summed E-state index contributed by atoms with van der Waals surface area (Å²) in [5, 5.41) is 26.8. The van der Waals surface area contributed by atoms with E-state index in [-0.39, 0.29) is 24.6 Å². The van der Waals surface area contributed by atoms with Crippen LogP contribution in [0.25, 0.3) is 0 Å². The molecular formula is C23H20N4O8. The first kappa shape index (κ1) is 24.6. The molecule has 2 amide bonds. The van der Waals surface area contributed by atoms with Crippen LogP contribution in [0, 0.1) is 27.2 Å². The molecule has 0 heterocycles. The fourth-order valence-corrected chi connectivity index (χ4v) is 2.95. The number of rotatable bonds is 8. The van der Waals surface area contributed by atoms with Crippen LogP contribution in [0.3, 0.4) is 0 Å². The zero-order valence-electron chi connectivity index (χ0n) is 18.4. The number of hydrogen-bond acceptors (Lipinski definition) is 8. The van der Waals surface area contributed by atoms with Crippen molar-refractivity contribution in [1.29, 1.82) is 0 Å². The van der Waals surface area contributed by atoms with Gasteiger partial charge in [0.25, 0.3) is 11.4 Å². The highest BCUT2D eigenvalue weighted by Crippen LogP contribution is 2.22. The first-order chi connectivity index (χ1) is 16.7. The van der Waals surface area contributed by atoms with Gasteiger partial charge in [0.05, 0.1) is 9.85 Å². The summed E-state index contributed by atoms with van der Waals surface area (Å²) in [5.41, 5.74) is 2.06. The Morgan fingerprint density at radius 2 is 1.29 bits per heavy atom. The summed E-state index contributed by atoms with van der Waals surface area (Å²) in [7, 11) is 0. The van der Waals surface area contributed by atoms with E-state index in [4.69, 9.17) is 9.47 Å². The molecule has 0 aliphatic carbocycles. The van der Waals surface area contributed by atoms with Gasteiger partial charge in [-0.3, -0.25) is 30.9 Å². The summed E-state index contributed by atoms with van der Waals surface area (Å²) in [5.74, 6) is 0. The van der Waals surface area contributed by atoms with E-state index in [1.54, 1.807) is 31.2 Å². The van der Waals surface area contributed by atoms with Gasteiger partial charge in [-0.1, -0.05) is 30.3 Å². The van der Waals surface area contributed by atoms with Crippen molar-refractivity contribution >= 4 is 34.9 Å². The Morgan fingerprint density at radius 1 is 0.771 bits per heavy atom. The molecule has 0 saturated heterocycles. The first-order valence-electron chi connectivity index (χ1n) is 10.2. The zero-order valence-corrected chi connectivity index (χ0v) is 18.4. The van der Waals surface area contributed by atoms with Crippen molar-refractivity contribution in [3.63, 3.8) is 0 Å². The highest BCUT2D eigenvalue weighted by Gasteiger charge is 2.12. The second-order valence-electron chi connectivity index (χ2n) is 7.29.